The first-order valence-electron chi connectivity index (χ1n) is 4.60. The molecule has 0 amide bonds. The molecule has 0 aliphatic heterocycles. The molecule has 0 aliphatic rings. The minimum atomic E-state index is 0. The Kier molecular flexibility index (Phi) is 22.9. The SMILES string of the molecule is [CH2-]CCCCCC(C)CC.[CH3-].[Y]. The molecule has 0 saturated heterocycles. The molecule has 0 rings (SSSR count). The van der Waals surface area contributed by atoms with E-state index in [-0.39, 0.29) is 40.1 Å². The fourth-order valence-electron chi connectivity index (χ4n) is 1.05. The average Bonchev–Trinajstić information content (AvgIpc) is 1.98. The van der Waals surface area contributed by atoms with Crippen molar-refractivity contribution in [3.8, 4) is 0 Å². The van der Waals surface area contributed by atoms with Crippen LogP contribution in [-0.4, -0.2) is 0 Å². The van der Waals surface area contributed by atoms with Crippen LogP contribution in [0.1, 0.15) is 52.4 Å². The Labute approximate surface area is 105 Å². The minimum absolute atomic E-state index is 0. The number of rotatable bonds is 6. The zero-order valence-electron chi connectivity index (χ0n) is 9.10. The van der Waals surface area contributed by atoms with Crippen molar-refractivity contribution in [2.24, 2.45) is 5.92 Å². The van der Waals surface area contributed by atoms with E-state index in [9.17, 15) is 0 Å². The van der Waals surface area contributed by atoms with Crippen LogP contribution in [0.5, 0.6) is 0 Å². The predicted molar refractivity (Wildman–Crippen MR) is 54.3 cm³/mol. The standard InChI is InChI=1S/C10H21.CH3.Y/c1-4-6-7-8-9-10(3)5-2;;/h10H,1,4-9H2,2-3H3;1H3;/q2*-1;. The molecule has 1 heteroatoms. The Morgan fingerprint density at radius 1 is 1.17 bits per heavy atom. The van der Waals surface area contributed by atoms with Crippen LogP contribution < -0.4 is 0 Å². The maximum atomic E-state index is 3.82. The smallest absolute Gasteiger partial charge is 0 e. The van der Waals surface area contributed by atoms with Crippen molar-refractivity contribution in [3.63, 3.8) is 0 Å². The van der Waals surface area contributed by atoms with E-state index in [1.807, 2.05) is 0 Å². The Balaban J connectivity index is -0.000000405. The van der Waals surface area contributed by atoms with Crippen molar-refractivity contribution >= 4 is 0 Å². The van der Waals surface area contributed by atoms with Gasteiger partial charge in [-0.15, -0.1) is 0 Å². The van der Waals surface area contributed by atoms with Gasteiger partial charge in [0.15, 0.2) is 0 Å². The zero-order valence-corrected chi connectivity index (χ0v) is 11.9. The van der Waals surface area contributed by atoms with Gasteiger partial charge in [-0.3, -0.25) is 0 Å². The van der Waals surface area contributed by atoms with Gasteiger partial charge in [0.2, 0.25) is 0 Å². The second-order valence-corrected chi connectivity index (χ2v) is 3.22. The van der Waals surface area contributed by atoms with Crippen LogP contribution in [0.25, 0.3) is 0 Å². The van der Waals surface area contributed by atoms with Crippen LogP contribution >= 0.6 is 0 Å². The molecular weight excluding hydrogens is 221 g/mol. The quantitative estimate of drug-likeness (QED) is 0.484. The van der Waals surface area contributed by atoms with Crippen molar-refractivity contribution in [1.82, 2.24) is 0 Å². The topological polar surface area (TPSA) is 0 Å². The largest absolute Gasteiger partial charge is 0.358 e. The number of hydrogen-bond donors (Lipinski definition) is 0. The summed E-state index contributed by atoms with van der Waals surface area (Å²) in [6, 6.07) is 0. The molecule has 0 bridgehead atoms. The maximum Gasteiger partial charge on any atom is 0 e. The van der Waals surface area contributed by atoms with E-state index >= 15 is 0 Å². The van der Waals surface area contributed by atoms with Crippen LogP contribution in [0.15, 0.2) is 0 Å². The summed E-state index contributed by atoms with van der Waals surface area (Å²) < 4.78 is 0. The monoisotopic (exact) mass is 245 g/mol. The minimum Gasteiger partial charge on any atom is -0.358 e. The van der Waals surface area contributed by atoms with E-state index in [4.69, 9.17) is 0 Å². The Hall–Kier alpha value is 1.10. The van der Waals surface area contributed by atoms with Gasteiger partial charge in [0.1, 0.15) is 0 Å². The molecular formula is C11H24Y-2. The summed E-state index contributed by atoms with van der Waals surface area (Å²) in [4.78, 5) is 0. The van der Waals surface area contributed by atoms with Gasteiger partial charge in [-0.05, 0) is 5.92 Å². The van der Waals surface area contributed by atoms with Crippen molar-refractivity contribution in [2.45, 2.75) is 52.4 Å². The molecule has 0 fully saturated rings. The van der Waals surface area contributed by atoms with Crippen molar-refractivity contribution in [3.05, 3.63) is 14.4 Å². The van der Waals surface area contributed by atoms with Crippen molar-refractivity contribution in [1.29, 1.82) is 0 Å². The van der Waals surface area contributed by atoms with E-state index in [1.165, 1.54) is 32.1 Å². The second kappa shape index (κ2) is 14.6. The second-order valence-electron chi connectivity index (χ2n) is 3.22. The number of hydrogen-bond acceptors (Lipinski definition) is 0. The molecule has 0 aromatic carbocycles. The van der Waals surface area contributed by atoms with Crippen LogP contribution in [0, 0.1) is 20.3 Å². The average molecular weight is 245 g/mol. The third-order valence-corrected chi connectivity index (χ3v) is 2.14. The Morgan fingerprint density at radius 3 is 2.17 bits per heavy atom. The van der Waals surface area contributed by atoms with Gasteiger partial charge in [0.05, 0.1) is 0 Å². The Morgan fingerprint density at radius 2 is 1.75 bits per heavy atom. The predicted octanol–water partition coefficient (Wildman–Crippen LogP) is 4.26. The molecule has 12 heavy (non-hydrogen) atoms. The summed E-state index contributed by atoms with van der Waals surface area (Å²) in [7, 11) is 0. The molecule has 73 valence electrons. The molecule has 0 aromatic rings. The molecule has 0 saturated carbocycles. The van der Waals surface area contributed by atoms with Gasteiger partial charge in [0, 0.05) is 32.7 Å². The fourth-order valence-corrected chi connectivity index (χ4v) is 1.05. The maximum absolute atomic E-state index is 3.82. The number of unbranched alkanes of at least 4 members (excludes halogenated alkanes) is 3. The Bertz CT molecular complexity index is 62.0. The molecule has 0 aromatic heterocycles. The summed E-state index contributed by atoms with van der Waals surface area (Å²) in [6.45, 7) is 8.43. The van der Waals surface area contributed by atoms with Crippen molar-refractivity contribution in [2.75, 3.05) is 0 Å². The van der Waals surface area contributed by atoms with E-state index in [2.05, 4.69) is 20.8 Å². The van der Waals surface area contributed by atoms with E-state index < -0.39 is 0 Å². The summed E-state index contributed by atoms with van der Waals surface area (Å²) >= 11 is 0. The first-order chi connectivity index (χ1) is 4.81. The first-order valence-corrected chi connectivity index (χ1v) is 4.60. The van der Waals surface area contributed by atoms with Crippen LogP contribution in [0.4, 0.5) is 0 Å². The summed E-state index contributed by atoms with van der Waals surface area (Å²) in [5, 5.41) is 0. The molecule has 1 unspecified atom stereocenters. The normalized spacial score (nSPS) is 11.2. The zero-order chi connectivity index (χ0) is 7.82. The fraction of sp³-hybridized carbons (Fsp3) is 0.818. The van der Waals surface area contributed by atoms with Gasteiger partial charge in [-0.25, -0.2) is 0 Å². The van der Waals surface area contributed by atoms with Crippen molar-refractivity contribution < 1.29 is 32.7 Å². The molecule has 0 nitrogen and oxygen atoms in total. The van der Waals surface area contributed by atoms with Gasteiger partial charge >= 0.3 is 0 Å². The van der Waals surface area contributed by atoms with Gasteiger partial charge in [0.25, 0.3) is 0 Å². The van der Waals surface area contributed by atoms with E-state index in [1.54, 1.807) is 0 Å². The van der Waals surface area contributed by atoms with Crippen LogP contribution in [-0.2, 0) is 32.7 Å². The molecule has 1 atom stereocenters. The van der Waals surface area contributed by atoms with Crippen LogP contribution in [0.3, 0.4) is 0 Å². The van der Waals surface area contributed by atoms with Gasteiger partial charge in [-0.2, -0.15) is 6.42 Å². The molecule has 0 heterocycles. The summed E-state index contributed by atoms with van der Waals surface area (Å²) in [5.74, 6) is 0.935. The summed E-state index contributed by atoms with van der Waals surface area (Å²) in [5.41, 5.74) is 0. The third kappa shape index (κ3) is 13.7. The molecule has 0 aliphatic carbocycles. The molecule has 0 spiro atoms. The molecule has 1 radical (unpaired) electrons. The molecule has 0 N–H and O–H groups in total. The summed E-state index contributed by atoms with van der Waals surface area (Å²) in [6.07, 6.45) is 7.97. The first kappa shape index (κ1) is 18.8. The van der Waals surface area contributed by atoms with E-state index in [0.717, 1.165) is 12.3 Å². The van der Waals surface area contributed by atoms with Crippen LogP contribution in [0.2, 0.25) is 0 Å². The van der Waals surface area contributed by atoms with Gasteiger partial charge < -0.3 is 14.4 Å². The third-order valence-electron chi connectivity index (χ3n) is 2.14. The van der Waals surface area contributed by atoms with E-state index in [0.29, 0.717) is 0 Å². The van der Waals surface area contributed by atoms with Gasteiger partial charge in [-0.1, -0.05) is 46.0 Å².